The Morgan fingerprint density at radius 3 is 2.37 bits per heavy atom. The van der Waals surface area contributed by atoms with Gasteiger partial charge in [0.25, 0.3) is 0 Å². The van der Waals surface area contributed by atoms with E-state index in [-0.39, 0.29) is 23.9 Å². The molecule has 2 aromatic carbocycles. The second-order valence-corrected chi connectivity index (χ2v) is 10.0. The van der Waals surface area contributed by atoms with Gasteiger partial charge in [-0.1, -0.05) is 35.9 Å². The fourth-order valence-corrected chi connectivity index (χ4v) is 5.41. The number of sulfonamides is 1. The van der Waals surface area contributed by atoms with Crippen molar-refractivity contribution in [3.63, 3.8) is 0 Å². The van der Waals surface area contributed by atoms with Gasteiger partial charge in [0.05, 0.1) is 11.4 Å². The van der Waals surface area contributed by atoms with Crippen molar-refractivity contribution in [1.82, 2.24) is 14.5 Å². The summed E-state index contributed by atoms with van der Waals surface area (Å²) in [5, 5.41) is 3.68. The van der Waals surface area contributed by atoms with Crippen LogP contribution in [0.1, 0.15) is 22.3 Å². The highest BCUT2D eigenvalue weighted by Crippen LogP contribution is 2.26. The number of carbonyl (C=O) groups excluding carboxylic acids is 1. The first-order chi connectivity index (χ1) is 14.2. The van der Waals surface area contributed by atoms with E-state index in [1.54, 1.807) is 36.1 Å². The Labute approximate surface area is 183 Å². The van der Waals surface area contributed by atoms with E-state index < -0.39 is 10.0 Å². The summed E-state index contributed by atoms with van der Waals surface area (Å²) in [5.41, 5.74) is 3.25. The van der Waals surface area contributed by atoms with Gasteiger partial charge in [0, 0.05) is 37.7 Å². The molecule has 1 aliphatic heterocycles. The third kappa shape index (κ3) is 5.03. The lowest BCUT2D eigenvalue weighted by Crippen LogP contribution is -2.50. The van der Waals surface area contributed by atoms with E-state index in [4.69, 9.17) is 11.6 Å². The van der Waals surface area contributed by atoms with Crippen LogP contribution in [0.25, 0.3) is 0 Å². The smallest absolute Gasteiger partial charge is 0.244 e. The molecule has 8 heteroatoms. The van der Waals surface area contributed by atoms with Gasteiger partial charge in [-0.05, 0) is 55.2 Å². The van der Waals surface area contributed by atoms with Crippen LogP contribution in [0.4, 0.5) is 0 Å². The number of benzene rings is 2. The van der Waals surface area contributed by atoms with Gasteiger partial charge >= 0.3 is 0 Å². The first kappa shape index (κ1) is 22.7. The molecule has 0 aromatic heterocycles. The molecule has 1 aliphatic rings. The highest BCUT2D eigenvalue weighted by Gasteiger charge is 2.31. The lowest BCUT2D eigenvalue weighted by molar-refractivity contribution is -0.132. The molecule has 0 aliphatic carbocycles. The van der Waals surface area contributed by atoms with E-state index in [1.807, 2.05) is 26.0 Å². The zero-order valence-corrected chi connectivity index (χ0v) is 19.2. The first-order valence-corrected chi connectivity index (χ1v) is 11.8. The third-order valence-corrected chi connectivity index (χ3v) is 7.80. The van der Waals surface area contributed by atoms with Gasteiger partial charge < -0.3 is 10.2 Å². The Bertz CT molecular complexity index is 1030. The van der Waals surface area contributed by atoms with Crippen molar-refractivity contribution < 1.29 is 13.2 Å². The highest BCUT2D eigenvalue weighted by molar-refractivity contribution is 7.89. The van der Waals surface area contributed by atoms with Crippen LogP contribution in [0.3, 0.4) is 0 Å². The summed E-state index contributed by atoms with van der Waals surface area (Å²) in [4.78, 5) is 14.9. The van der Waals surface area contributed by atoms with Crippen LogP contribution in [0.2, 0.25) is 5.02 Å². The molecule has 0 atom stereocenters. The highest BCUT2D eigenvalue weighted by atomic mass is 35.5. The predicted molar refractivity (Wildman–Crippen MR) is 119 cm³/mol. The summed E-state index contributed by atoms with van der Waals surface area (Å²) >= 11 is 6.30. The van der Waals surface area contributed by atoms with Crippen molar-refractivity contribution in [2.24, 2.45) is 0 Å². The van der Waals surface area contributed by atoms with Gasteiger partial charge in [-0.15, -0.1) is 0 Å². The van der Waals surface area contributed by atoms with Gasteiger partial charge in [-0.2, -0.15) is 4.31 Å². The fourth-order valence-electron chi connectivity index (χ4n) is 3.56. The SMILES string of the molecule is Cc1cc(C)c(S(=O)(=O)N(CC(=O)N2CCNCC2)Cc2ccccc2Cl)cc1C. The maximum Gasteiger partial charge on any atom is 0.244 e. The molecular weight excluding hydrogens is 422 g/mol. The van der Waals surface area contributed by atoms with Gasteiger partial charge in [-0.3, -0.25) is 4.79 Å². The Balaban J connectivity index is 1.98. The predicted octanol–water partition coefficient (Wildman–Crippen LogP) is 2.89. The Kier molecular flexibility index (Phi) is 7.18. The fraction of sp³-hybridized carbons (Fsp3) is 0.409. The van der Waals surface area contributed by atoms with E-state index in [1.165, 1.54) is 4.31 Å². The number of piperazine rings is 1. The maximum atomic E-state index is 13.7. The zero-order valence-electron chi connectivity index (χ0n) is 17.6. The molecule has 0 bridgehead atoms. The van der Waals surface area contributed by atoms with Gasteiger partial charge in [0.15, 0.2) is 0 Å². The average molecular weight is 450 g/mol. The summed E-state index contributed by atoms with van der Waals surface area (Å²) in [7, 11) is -3.91. The molecule has 6 nitrogen and oxygen atoms in total. The summed E-state index contributed by atoms with van der Waals surface area (Å²) in [6, 6.07) is 10.7. The molecule has 1 heterocycles. The van der Waals surface area contributed by atoms with E-state index in [0.29, 0.717) is 42.3 Å². The lowest BCUT2D eigenvalue weighted by atomic mass is 10.1. The van der Waals surface area contributed by atoms with Crippen LogP contribution < -0.4 is 5.32 Å². The summed E-state index contributed by atoms with van der Waals surface area (Å²) in [5.74, 6) is -0.200. The number of halogens is 1. The summed E-state index contributed by atoms with van der Waals surface area (Å²) in [6.07, 6.45) is 0. The number of hydrogen-bond donors (Lipinski definition) is 1. The molecule has 2 aromatic rings. The number of nitrogens with one attached hydrogen (secondary N) is 1. The van der Waals surface area contributed by atoms with Crippen molar-refractivity contribution >= 4 is 27.5 Å². The second-order valence-electron chi connectivity index (χ2n) is 7.70. The minimum atomic E-state index is -3.91. The van der Waals surface area contributed by atoms with Gasteiger partial charge in [0.2, 0.25) is 15.9 Å². The molecule has 0 saturated carbocycles. The molecule has 1 N–H and O–H groups in total. The molecule has 30 heavy (non-hydrogen) atoms. The van der Waals surface area contributed by atoms with Gasteiger partial charge in [-0.25, -0.2) is 8.42 Å². The number of amides is 1. The lowest BCUT2D eigenvalue weighted by Gasteiger charge is -2.30. The monoisotopic (exact) mass is 449 g/mol. The van der Waals surface area contributed by atoms with Gasteiger partial charge in [0.1, 0.15) is 0 Å². The van der Waals surface area contributed by atoms with Crippen molar-refractivity contribution in [2.45, 2.75) is 32.2 Å². The molecule has 1 fully saturated rings. The van der Waals surface area contributed by atoms with E-state index >= 15 is 0 Å². The van der Waals surface area contributed by atoms with Crippen LogP contribution in [0.5, 0.6) is 0 Å². The van der Waals surface area contributed by atoms with Crippen molar-refractivity contribution in [3.8, 4) is 0 Å². The number of nitrogens with zero attached hydrogens (tertiary/aromatic N) is 2. The molecular formula is C22H28ClN3O3S. The van der Waals surface area contributed by atoms with Crippen molar-refractivity contribution in [2.75, 3.05) is 32.7 Å². The average Bonchev–Trinajstić information content (AvgIpc) is 2.72. The maximum absolute atomic E-state index is 13.7. The normalized spacial score (nSPS) is 14.9. The molecule has 162 valence electrons. The number of hydrogen-bond acceptors (Lipinski definition) is 4. The minimum Gasteiger partial charge on any atom is -0.339 e. The zero-order chi connectivity index (χ0) is 21.9. The largest absolute Gasteiger partial charge is 0.339 e. The van der Waals surface area contributed by atoms with Crippen molar-refractivity contribution in [1.29, 1.82) is 0 Å². The molecule has 1 amide bonds. The summed E-state index contributed by atoms with van der Waals surface area (Å²) in [6.45, 7) is 7.99. The van der Waals surface area contributed by atoms with Crippen LogP contribution in [0.15, 0.2) is 41.3 Å². The number of rotatable bonds is 6. The first-order valence-electron chi connectivity index (χ1n) is 10.00. The quantitative estimate of drug-likeness (QED) is 0.736. The van der Waals surface area contributed by atoms with Crippen LogP contribution in [-0.4, -0.2) is 56.3 Å². The Hall–Kier alpha value is -1.93. The van der Waals surface area contributed by atoms with E-state index in [9.17, 15) is 13.2 Å². The number of aryl methyl sites for hydroxylation is 3. The molecule has 0 radical (unpaired) electrons. The number of carbonyl (C=O) groups is 1. The molecule has 1 saturated heterocycles. The van der Waals surface area contributed by atoms with Crippen LogP contribution in [0, 0.1) is 20.8 Å². The van der Waals surface area contributed by atoms with Crippen LogP contribution in [-0.2, 0) is 21.4 Å². The van der Waals surface area contributed by atoms with E-state index in [2.05, 4.69) is 5.32 Å². The Morgan fingerprint density at radius 2 is 1.70 bits per heavy atom. The standard InChI is InChI=1S/C22H28ClN3O3S/c1-16-12-18(3)21(13-17(16)2)30(28,29)26(14-19-6-4-5-7-20(19)23)15-22(27)25-10-8-24-9-11-25/h4-7,12-13,24H,8-11,14-15H2,1-3H3. The molecule has 0 unspecified atom stereocenters. The molecule has 3 rings (SSSR count). The minimum absolute atomic E-state index is 0.0339. The van der Waals surface area contributed by atoms with Crippen molar-refractivity contribution in [3.05, 3.63) is 63.7 Å². The summed E-state index contributed by atoms with van der Waals surface area (Å²) < 4.78 is 28.5. The second kappa shape index (κ2) is 9.47. The third-order valence-electron chi connectivity index (χ3n) is 5.49. The topological polar surface area (TPSA) is 69.7 Å². The Morgan fingerprint density at radius 1 is 1.07 bits per heavy atom. The van der Waals surface area contributed by atoms with E-state index in [0.717, 1.165) is 11.1 Å². The molecule has 0 spiro atoms. The van der Waals surface area contributed by atoms with Crippen LogP contribution >= 0.6 is 11.6 Å².